The van der Waals surface area contributed by atoms with Crippen LogP contribution >= 0.6 is 0 Å². The molecule has 0 N–H and O–H groups in total. The molecule has 0 aliphatic carbocycles. The van der Waals surface area contributed by atoms with Crippen molar-refractivity contribution in [3.05, 3.63) is 41.2 Å². The van der Waals surface area contributed by atoms with Crippen molar-refractivity contribution in [3.63, 3.8) is 0 Å². The molecule has 31 heavy (non-hydrogen) atoms. The molecule has 0 spiro atoms. The van der Waals surface area contributed by atoms with Crippen molar-refractivity contribution in [3.8, 4) is 0 Å². The number of fused-ring (bicyclic) bond motifs is 1. The Morgan fingerprint density at radius 3 is 2.58 bits per heavy atom. The van der Waals surface area contributed by atoms with Crippen LogP contribution in [0, 0.1) is 0 Å². The summed E-state index contributed by atoms with van der Waals surface area (Å²) in [5.41, 5.74) is 1.69. The summed E-state index contributed by atoms with van der Waals surface area (Å²) >= 11 is 0. The summed E-state index contributed by atoms with van der Waals surface area (Å²) in [4.78, 5) is 22.3. The predicted octanol–water partition coefficient (Wildman–Crippen LogP) is 3.19. The molecular formula is C20H24F3N7O. The van der Waals surface area contributed by atoms with Crippen molar-refractivity contribution < 1.29 is 18.0 Å². The number of rotatable bonds is 2. The molecule has 0 saturated carbocycles. The number of nitrogens with zero attached hydrogens (tertiary/aromatic N) is 7. The van der Waals surface area contributed by atoms with Crippen molar-refractivity contribution in [1.82, 2.24) is 34.3 Å². The Labute approximate surface area is 177 Å². The normalized spacial score (nSPS) is 18.0. The first-order valence-electron chi connectivity index (χ1n) is 10.1. The molecule has 4 rings (SSSR count). The number of carbonyl (C=O) groups is 1. The largest absolute Gasteiger partial charge is 0.453 e. The number of hydrogen-bond acceptors (Lipinski definition) is 5. The van der Waals surface area contributed by atoms with Crippen LogP contribution in [0.2, 0.25) is 0 Å². The molecule has 1 aliphatic rings. The van der Waals surface area contributed by atoms with Crippen LogP contribution in [0.3, 0.4) is 0 Å². The zero-order valence-corrected chi connectivity index (χ0v) is 17.8. The van der Waals surface area contributed by atoms with E-state index < -0.39 is 12.0 Å². The molecule has 3 aromatic heterocycles. The summed E-state index contributed by atoms with van der Waals surface area (Å²) in [7, 11) is 1.74. The van der Waals surface area contributed by atoms with Crippen molar-refractivity contribution in [2.75, 3.05) is 13.1 Å². The van der Waals surface area contributed by atoms with Gasteiger partial charge in [0.25, 0.3) is 17.5 Å². The van der Waals surface area contributed by atoms with Crippen LogP contribution in [0.4, 0.5) is 13.2 Å². The lowest BCUT2D eigenvalue weighted by Crippen LogP contribution is -2.40. The highest BCUT2D eigenvalue weighted by molar-refractivity contribution is 5.92. The minimum Gasteiger partial charge on any atom is -0.337 e. The van der Waals surface area contributed by atoms with E-state index in [0.29, 0.717) is 24.5 Å². The Morgan fingerprint density at radius 2 is 1.94 bits per heavy atom. The molecule has 3 aromatic rings. The van der Waals surface area contributed by atoms with Crippen LogP contribution in [-0.4, -0.2) is 53.3 Å². The van der Waals surface area contributed by atoms with Crippen molar-refractivity contribution in [2.24, 2.45) is 7.05 Å². The number of likely N-dealkylation sites (tertiary alicyclic amines) is 1. The molecule has 11 heteroatoms. The molecule has 1 fully saturated rings. The summed E-state index contributed by atoms with van der Waals surface area (Å²) in [6.45, 7) is 7.04. The highest BCUT2D eigenvalue weighted by atomic mass is 19.4. The fourth-order valence-corrected chi connectivity index (χ4v) is 3.84. The van der Waals surface area contributed by atoms with E-state index in [1.165, 1.54) is 6.20 Å². The minimum absolute atomic E-state index is 0.102. The molecule has 1 amide bonds. The molecule has 1 atom stereocenters. The highest BCUT2D eigenvalue weighted by Gasteiger charge is 2.37. The lowest BCUT2D eigenvalue weighted by atomic mass is 9.92. The molecular weight excluding hydrogens is 411 g/mol. The van der Waals surface area contributed by atoms with Gasteiger partial charge in [-0.3, -0.25) is 9.48 Å². The Morgan fingerprint density at radius 1 is 1.19 bits per heavy atom. The number of piperidine rings is 1. The number of aromatic nitrogens is 6. The van der Waals surface area contributed by atoms with Crippen LogP contribution in [0.1, 0.15) is 67.2 Å². The van der Waals surface area contributed by atoms with E-state index >= 15 is 0 Å². The van der Waals surface area contributed by atoms with Gasteiger partial charge in [-0.2, -0.15) is 23.3 Å². The Bertz CT molecular complexity index is 1130. The van der Waals surface area contributed by atoms with Gasteiger partial charge >= 0.3 is 6.18 Å². The van der Waals surface area contributed by atoms with Gasteiger partial charge in [0.15, 0.2) is 0 Å². The van der Waals surface area contributed by atoms with Gasteiger partial charge in [-0.05, 0) is 25.0 Å². The summed E-state index contributed by atoms with van der Waals surface area (Å²) < 4.78 is 41.9. The zero-order valence-electron chi connectivity index (χ0n) is 17.8. The number of aryl methyl sites for hydroxylation is 1. The first-order chi connectivity index (χ1) is 14.4. The smallest absolute Gasteiger partial charge is 0.337 e. The van der Waals surface area contributed by atoms with Gasteiger partial charge in [0.2, 0.25) is 0 Å². The molecule has 0 bridgehead atoms. The van der Waals surface area contributed by atoms with Crippen LogP contribution in [0.5, 0.6) is 0 Å². The third-order valence-electron chi connectivity index (χ3n) is 5.52. The van der Waals surface area contributed by atoms with Gasteiger partial charge in [0.1, 0.15) is 5.69 Å². The summed E-state index contributed by atoms with van der Waals surface area (Å²) in [5, 5.41) is 8.11. The zero-order chi connectivity index (χ0) is 22.6. The van der Waals surface area contributed by atoms with Crippen LogP contribution in [-0.2, 0) is 18.6 Å². The maximum atomic E-state index is 13.2. The molecule has 8 nitrogen and oxygen atoms in total. The van der Waals surface area contributed by atoms with E-state index in [1.807, 2.05) is 26.8 Å². The van der Waals surface area contributed by atoms with Gasteiger partial charge < -0.3 is 4.90 Å². The maximum Gasteiger partial charge on any atom is 0.453 e. The average molecular weight is 435 g/mol. The first kappa shape index (κ1) is 21.3. The summed E-state index contributed by atoms with van der Waals surface area (Å²) in [5.74, 6) is -1.65. The Kier molecular flexibility index (Phi) is 5.01. The second-order valence-electron chi connectivity index (χ2n) is 8.89. The van der Waals surface area contributed by atoms with Crippen molar-refractivity contribution >= 4 is 11.7 Å². The number of hydrogen-bond donors (Lipinski definition) is 0. The van der Waals surface area contributed by atoms with E-state index in [-0.39, 0.29) is 23.0 Å². The van der Waals surface area contributed by atoms with Gasteiger partial charge in [-0.15, -0.1) is 5.10 Å². The Balaban J connectivity index is 1.62. The lowest BCUT2D eigenvalue weighted by Gasteiger charge is -2.32. The number of carbonyl (C=O) groups excluding carboxylic acids is 1. The number of alkyl halides is 3. The predicted molar refractivity (Wildman–Crippen MR) is 106 cm³/mol. The topological polar surface area (TPSA) is 81.2 Å². The molecule has 166 valence electrons. The van der Waals surface area contributed by atoms with Crippen molar-refractivity contribution in [1.29, 1.82) is 0 Å². The fourth-order valence-electron chi connectivity index (χ4n) is 3.84. The molecule has 4 heterocycles. The van der Waals surface area contributed by atoms with E-state index in [2.05, 4.69) is 20.2 Å². The summed E-state index contributed by atoms with van der Waals surface area (Å²) in [6, 6.07) is 3.45. The molecule has 0 radical (unpaired) electrons. The van der Waals surface area contributed by atoms with E-state index in [9.17, 15) is 18.0 Å². The molecule has 1 unspecified atom stereocenters. The average Bonchev–Trinajstić information content (AvgIpc) is 3.30. The third kappa shape index (κ3) is 4.00. The van der Waals surface area contributed by atoms with E-state index in [0.717, 1.165) is 23.1 Å². The SMILES string of the molecule is Cn1nc(C(C)(C)C)cc1C(=O)N1CCCC(c2ccnc3nc(C(F)(F)F)nn23)C1. The minimum atomic E-state index is -4.65. The number of amides is 1. The standard InChI is InChI=1S/C20H24F3N7O/c1-19(2,3)15-10-14(28(4)26-15)16(31)29-9-5-6-12(11-29)13-7-8-24-18-25-17(20(21,22)23)27-30(13)18/h7-8,10,12H,5-6,9,11H2,1-4H3. The molecule has 1 saturated heterocycles. The van der Waals surface area contributed by atoms with Crippen LogP contribution in [0.15, 0.2) is 18.3 Å². The van der Waals surface area contributed by atoms with E-state index in [4.69, 9.17) is 0 Å². The fraction of sp³-hybridized carbons (Fsp3) is 0.550. The quantitative estimate of drug-likeness (QED) is 0.618. The lowest BCUT2D eigenvalue weighted by molar-refractivity contribution is -0.144. The van der Waals surface area contributed by atoms with Gasteiger partial charge in [0.05, 0.1) is 11.4 Å². The second-order valence-corrected chi connectivity index (χ2v) is 8.89. The second kappa shape index (κ2) is 7.31. The monoisotopic (exact) mass is 435 g/mol. The van der Waals surface area contributed by atoms with Gasteiger partial charge in [0, 0.05) is 37.7 Å². The molecule has 1 aliphatic heterocycles. The first-order valence-corrected chi connectivity index (χ1v) is 10.1. The van der Waals surface area contributed by atoms with Crippen LogP contribution < -0.4 is 0 Å². The van der Waals surface area contributed by atoms with Crippen LogP contribution in [0.25, 0.3) is 5.78 Å². The van der Waals surface area contributed by atoms with Gasteiger partial charge in [-0.25, -0.2) is 9.50 Å². The Hall–Kier alpha value is -2.98. The third-order valence-corrected chi connectivity index (χ3v) is 5.52. The summed E-state index contributed by atoms with van der Waals surface area (Å²) in [6.07, 6.45) is -1.77. The number of halogens is 3. The maximum absolute atomic E-state index is 13.2. The van der Waals surface area contributed by atoms with Gasteiger partial charge in [-0.1, -0.05) is 20.8 Å². The molecule has 0 aromatic carbocycles. The van der Waals surface area contributed by atoms with Crippen molar-refractivity contribution in [2.45, 2.75) is 51.1 Å². The van der Waals surface area contributed by atoms with E-state index in [1.54, 1.807) is 22.7 Å². The highest BCUT2D eigenvalue weighted by Crippen LogP contribution is 2.30.